The molecule has 5 amide bonds. The molecule has 80 valence electrons. The Morgan fingerprint density at radius 2 is 1.93 bits per heavy atom. The van der Waals surface area contributed by atoms with Crippen LogP contribution in [0, 0.1) is 0 Å². The molecule has 0 aromatic heterocycles. The van der Waals surface area contributed by atoms with E-state index >= 15 is 0 Å². The fourth-order valence-electron chi connectivity index (χ4n) is 1.70. The van der Waals surface area contributed by atoms with Gasteiger partial charge in [-0.25, -0.2) is 9.69 Å². The molecule has 0 aromatic rings. The van der Waals surface area contributed by atoms with Gasteiger partial charge in [0.05, 0.1) is 0 Å². The number of nitrogens with zero attached hydrogens (tertiary/aromatic N) is 1. The number of imide groups is 2. The highest BCUT2D eigenvalue weighted by Crippen LogP contribution is 2.14. The van der Waals surface area contributed by atoms with E-state index in [1.54, 1.807) is 0 Å². The second-order valence-corrected chi connectivity index (χ2v) is 3.38. The maximum atomic E-state index is 11.4. The van der Waals surface area contributed by atoms with E-state index in [1.807, 2.05) is 5.32 Å². The number of carbonyl (C=O) groups excluding carboxylic acids is 4. The lowest BCUT2D eigenvalue weighted by atomic mass is 10.1. The zero-order valence-corrected chi connectivity index (χ0v) is 7.78. The van der Waals surface area contributed by atoms with Gasteiger partial charge in [0.25, 0.3) is 0 Å². The van der Waals surface area contributed by atoms with Crippen LogP contribution >= 0.6 is 0 Å². The molecule has 0 aromatic carbocycles. The number of urea groups is 1. The summed E-state index contributed by atoms with van der Waals surface area (Å²) in [5, 5.41) is 4.39. The topological polar surface area (TPSA) is 95.6 Å². The Bertz CT molecular complexity index is 365. The highest BCUT2D eigenvalue weighted by Gasteiger charge is 2.44. The first kappa shape index (κ1) is 9.63. The first-order chi connectivity index (χ1) is 7.11. The van der Waals surface area contributed by atoms with Crippen molar-refractivity contribution >= 4 is 23.8 Å². The monoisotopic (exact) mass is 211 g/mol. The number of piperidine rings is 1. The number of hydrogen-bond donors (Lipinski definition) is 2. The molecule has 0 aliphatic carbocycles. The van der Waals surface area contributed by atoms with Crippen LogP contribution in [-0.4, -0.2) is 41.2 Å². The molecule has 0 bridgehead atoms. The summed E-state index contributed by atoms with van der Waals surface area (Å²) >= 11 is 0. The molecule has 7 heteroatoms. The summed E-state index contributed by atoms with van der Waals surface area (Å²) in [5.41, 5.74) is 0. The third kappa shape index (κ3) is 1.45. The first-order valence-corrected chi connectivity index (χ1v) is 4.57. The summed E-state index contributed by atoms with van der Waals surface area (Å²) in [7, 11) is 0. The van der Waals surface area contributed by atoms with Crippen molar-refractivity contribution in [1.29, 1.82) is 0 Å². The third-order valence-electron chi connectivity index (χ3n) is 2.42. The Balaban J connectivity index is 2.22. The molecular weight excluding hydrogens is 202 g/mol. The molecule has 2 saturated heterocycles. The summed E-state index contributed by atoms with van der Waals surface area (Å²) in [6.07, 6.45) is 1.08. The van der Waals surface area contributed by atoms with Crippen LogP contribution in [0.5, 0.6) is 0 Å². The van der Waals surface area contributed by atoms with Crippen molar-refractivity contribution in [2.75, 3.05) is 6.54 Å². The lowest BCUT2D eigenvalue weighted by Gasteiger charge is -2.27. The molecule has 0 saturated carbocycles. The van der Waals surface area contributed by atoms with E-state index in [4.69, 9.17) is 0 Å². The molecule has 0 spiro atoms. The van der Waals surface area contributed by atoms with E-state index in [0.29, 0.717) is 24.3 Å². The Morgan fingerprint density at radius 1 is 1.20 bits per heavy atom. The molecule has 2 fully saturated rings. The molecular formula is C8H9N3O4. The Labute approximate surface area is 84.8 Å². The van der Waals surface area contributed by atoms with Crippen molar-refractivity contribution in [2.45, 2.75) is 18.9 Å². The summed E-state index contributed by atoms with van der Waals surface area (Å²) in [6.45, 7) is 0.535. The Hall–Kier alpha value is -1.92. The highest BCUT2D eigenvalue weighted by molar-refractivity contribution is 6.45. The number of hydrogen-bond acceptors (Lipinski definition) is 4. The summed E-state index contributed by atoms with van der Waals surface area (Å²) in [6, 6.07) is -1.66. The number of rotatable bonds is 1. The van der Waals surface area contributed by atoms with Crippen LogP contribution in [0.25, 0.3) is 0 Å². The van der Waals surface area contributed by atoms with Gasteiger partial charge in [-0.15, -0.1) is 0 Å². The van der Waals surface area contributed by atoms with Gasteiger partial charge in [-0.1, -0.05) is 0 Å². The van der Waals surface area contributed by atoms with Crippen molar-refractivity contribution in [3.63, 3.8) is 0 Å². The van der Waals surface area contributed by atoms with Crippen LogP contribution in [0.15, 0.2) is 0 Å². The maximum absolute atomic E-state index is 11.4. The Kier molecular flexibility index (Phi) is 2.14. The second-order valence-electron chi connectivity index (χ2n) is 3.38. The van der Waals surface area contributed by atoms with Gasteiger partial charge >= 0.3 is 17.8 Å². The van der Waals surface area contributed by atoms with E-state index in [9.17, 15) is 19.2 Å². The highest BCUT2D eigenvalue weighted by atomic mass is 16.2. The van der Waals surface area contributed by atoms with Crippen LogP contribution < -0.4 is 10.6 Å². The van der Waals surface area contributed by atoms with Gasteiger partial charge in [-0.05, 0) is 12.8 Å². The van der Waals surface area contributed by atoms with Gasteiger partial charge in [0.15, 0.2) is 0 Å². The lowest BCUT2D eigenvalue weighted by molar-refractivity contribution is -0.143. The van der Waals surface area contributed by atoms with Crippen LogP contribution in [0.1, 0.15) is 12.8 Å². The van der Waals surface area contributed by atoms with Crippen molar-refractivity contribution < 1.29 is 19.2 Å². The average Bonchev–Trinajstić information content (AvgIpc) is 2.43. The second kappa shape index (κ2) is 3.34. The standard InChI is InChI=1S/C8H9N3O4/c12-5-4(2-1-3-9-5)11-7(14)6(13)10-8(11)15/h4H,1-3H2,(H,9,12)(H,10,13,15). The van der Waals surface area contributed by atoms with Gasteiger partial charge in [-0.3, -0.25) is 19.7 Å². The van der Waals surface area contributed by atoms with Crippen molar-refractivity contribution in [2.24, 2.45) is 0 Å². The van der Waals surface area contributed by atoms with Gasteiger partial charge in [-0.2, -0.15) is 0 Å². The number of nitrogens with one attached hydrogen (secondary N) is 2. The molecule has 15 heavy (non-hydrogen) atoms. The molecule has 2 aliphatic rings. The molecule has 7 nitrogen and oxygen atoms in total. The largest absolute Gasteiger partial charge is 0.354 e. The van der Waals surface area contributed by atoms with E-state index in [1.165, 1.54) is 0 Å². The van der Waals surface area contributed by atoms with Crippen molar-refractivity contribution in [3.05, 3.63) is 0 Å². The van der Waals surface area contributed by atoms with Crippen molar-refractivity contribution in [3.8, 4) is 0 Å². The van der Waals surface area contributed by atoms with Crippen LogP contribution in [-0.2, 0) is 14.4 Å². The predicted octanol–water partition coefficient (Wildman–Crippen LogP) is -1.66. The minimum atomic E-state index is -0.974. The first-order valence-electron chi connectivity index (χ1n) is 4.57. The van der Waals surface area contributed by atoms with Gasteiger partial charge in [0.2, 0.25) is 5.91 Å². The van der Waals surface area contributed by atoms with Crippen LogP contribution in [0.2, 0.25) is 0 Å². The van der Waals surface area contributed by atoms with Crippen LogP contribution in [0.4, 0.5) is 4.79 Å². The molecule has 0 radical (unpaired) electrons. The fraction of sp³-hybridized carbons (Fsp3) is 0.500. The van der Waals surface area contributed by atoms with E-state index in [2.05, 4.69) is 5.32 Å². The normalized spacial score (nSPS) is 26.7. The number of carbonyl (C=O) groups is 4. The summed E-state index contributed by atoms with van der Waals surface area (Å²) in [4.78, 5) is 45.5. The fourth-order valence-corrected chi connectivity index (χ4v) is 1.70. The van der Waals surface area contributed by atoms with Gasteiger partial charge in [0.1, 0.15) is 6.04 Å². The summed E-state index contributed by atoms with van der Waals surface area (Å²) < 4.78 is 0. The SMILES string of the molecule is O=C1NC(=O)N(C2CCCNC2=O)C1=O. The minimum absolute atomic E-state index is 0.389. The quantitative estimate of drug-likeness (QED) is 0.401. The molecule has 2 aliphatic heterocycles. The lowest BCUT2D eigenvalue weighted by Crippen LogP contribution is -2.52. The average molecular weight is 211 g/mol. The van der Waals surface area contributed by atoms with E-state index in [0.717, 1.165) is 0 Å². The van der Waals surface area contributed by atoms with E-state index in [-0.39, 0.29) is 5.91 Å². The molecule has 1 atom stereocenters. The smallest absolute Gasteiger partial charge is 0.332 e. The molecule has 2 rings (SSSR count). The maximum Gasteiger partial charge on any atom is 0.332 e. The van der Waals surface area contributed by atoms with Crippen LogP contribution in [0.3, 0.4) is 0 Å². The number of amides is 5. The minimum Gasteiger partial charge on any atom is -0.354 e. The zero-order chi connectivity index (χ0) is 11.0. The third-order valence-corrected chi connectivity index (χ3v) is 2.42. The van der Waals surface area contributed by atoms with Crippen molar-refractivity contribution in [1.82, 2.24) is 15.5 Å². The molecule has 1 unspecified atom stereocenters. The Morgan fingerprint density at radius 3 is 2.47 bits per heavy atom. The van der Waals surface area contributed by atoms with Gasteiger partial charge < -0.3 is 5.32 Å². The van der Waals surface area contributed by atoms with E-state index < -0.39 is 23.9 Å². The van der Waals surface area contributed by atoms with Gasteiger partial charge in [0, 0.05) is 6.54 Å². The predicted molar refractivity (Wildman–Crippen MR) is 46.4 cm³/mol. The molecule has 2 N–H and O–H groups in total. The molecule has 2 heterocycles. The zero-order valence-electron chi connectivity index (χ0n) is 7.78. The summed E-state index contributed by atoms with van der Waals surface area (Å²) in [5.74, 6) is -2.32.